The third kappa shape index (κ3) is 3.18. The Bertz CT molecular complexity index is 843. The van der Waals surface area contributed by atoms with Gasteiger partial charge in [-0.3, -0.25) is 0 Å². The third-order valence-electron chi connectivity index (χ3n) is 8.07. The molecular formula is C20H34O13. The molecule has 0 saturated carbocycles. The van der Waals surface area contributed by atoms with Crippen molar-refractivity contribution in [1.82, 2.24) is 0 Å². The van der Waals surface area contributed by atoms with Crippen LogP contribution >= 0.6 is 0 Å². The molecule has 13 nitrogen and oxygen atoms in total. The maximum Gasteiger partial charge on any atom is 0.338 e. The van der Waals surface area contributed by atoms with Crippen LogP contribution < -0.4 is 0 Å². The first-order valence-electron chi connectivity index (χ1n) is 10.1. The summed E-state index contributed by atoms with van der Waals surface area (Å²) in [5.74, 6) is -6.11. The Morgan fingerprint density at radius 1 is 0.697 bits per heavy atom. The average Bonchev–Trinajstić information content (AvgIpc) is 2.60. The Balaban J connectivity index is 2.71. The number of ether oxygens (including phenoxy) is 3. The van der Waals surface area contributed by atoms with E-state index < -0.39 is 69.3 Å². The highest BCUT2D eigenvalue weighted by molar-refractivity contribution is 5.80. The molecular weight excluding hydrogens is 448 g/mol. The van der Waals surface area contributed by atoms with Crippen LogP contribution in [0.4, 0.5) is 0 Å². The zero-order valence-corrected chi connectivity index (χ0v) is 19.8. The molecule has 8 N–H and O–H groups in total. The van der Waals surface area contributed by atoms with Gasteiger partial charge in [-0.2, -0.15) is 0 Å². The van der Waals surface area contributed by atoms with Gasteiger partial charge in [-0.25, -0.2) is 9.59 Å². The van der Waals surface area contributed by atoms with Gasteiger partial charge in [-0.1, -0.05) is 0 Å². The fraction of sp³-hybridized carbons (Fsp3) is 0.900. The van der Waals surface area contributed by atoms with E-state index in [2.05, 4.69) is 0 Å². The van der Waals surface area contributed by atoms with E-state index >= 15 is 0 Å². The Labute approximate surface area is 190 Å². The molecule has 0 aromatic carbocycles. The number of rotatable bonds is 4. The Hall–Kier alpha value is -1.42. The summed E-state index contributed by atoms with van der Waals surface area (Å²) in [6.45, 7) is 7.44. The predicted octanol–water partition coefficient (Wildman–Crippen LogP) is -2.09. The minimum absolute atomic E-state index is 0.905. The highest BCUT2D eigenvalue weighted by Gasteiger charge is 2.76. The quantitative estimate of drug-likeness (QED) is 0.215. The van der Waals surface area contributed by atoms with Crippen LogP contribution in [0.25, 0.3) is 0 Å². The summed E-state index contributed by atoms with van der Waals surface area (Å²) >= 11 is 0. The van der Waals surface area contributed by atoms with Crippen LogP contribution in [0.2, 0.25) is 0 Å². The molecule has 2 heterocycles. The molecule has 2 saturated heterocycles. The molecule has 0 amide bonds. The Kier molecular flexibility index (Phi) is 5.95. The van der Waals surface area contributed by atoms with Gasteiger partial charge in [-0.05, 0) is 55.4 Å². The van der Waals surface area contributed by atoms with Gasteiger partial charge in [0.2, 0.25) is 0 Å². The molecule has 2 aliphatic heterocycles. The van der Waals surface area contributed by atoms with Crippen LogP contribution in [0.5, 0.6) is 0 Å². The second-order valence-electron chi connectivity index (χ2n) is 10.3. The summed E-state index contributed by atoms with van der Waals surface area (Å²) in [5.41, 5.74) is -18.2. The fourth-order valence-corrected chi connectivity index (χ4v) is 4.42. The molecule has 2 rings (SSSR count). The summed E-state index contributed by atoms with van der Waals surface area (Å²) < 4.78 is 16.3. The lowest BCUT2D eigenvalue weighted by atomic mass is 9.63. The van der Waals surface area contributed by atoms with E-state index in [0.29, 0.717) is 0 Å². The topological polar surface area (TPSA) is 224 Å². The summed E-state index contributed by atoms with van der Waals surface area (Å²) in [6, 6.07) is 0. The van der Waals surface area contributed by atoms with Crippen LogP contribution in [0.3, 0.4) is 0 Å². The number of hydrogen-bond acceptors (Lipinski definition) is 11. The standard InChI is InChI=1S/C20H34O13/c1-13(10(21)22)9(14(2,25)18(6,28)20(8,30)33-13)31-12-15(3,26)17(5,27)19(7,29)16(4,32-12)11(23)24/h9,12,25-30H,1-8H3,(H,21,22)(H,23,24). The molecule has 10 atom stereocenters. The van der Waals surface area contributed by atoms with Crippen molar-refractivity contribution in [1.29, 1.82) is 0 Å². The molecule has 192 valence electrons. The maximum atomic E-state index is 12.1. The highest BCUT2D eigenvalue weighted by atomic mass is 16.7. The SMILES string of the molecule is CC1(C(=O)O)OC(C)(O)C(C)(O)C(C)(O)C1OC1OC(C)(C(=O)O)C(C)(O)C(C)(O)C1(C)O. The van der Waals surface area contributed by atoms with Crippen molar-refractivity contribution in [3.8, 4) is 0 Å². The zero-order chi connectivity index (χ0) is 26.4. The second kappa shape index (κ2) is 7.06. The summed E-state index contributed by atoms with van der Waals surface area (Å²) in [7, 11) is 0. The van der Waals surface area contributed by atoms with Crippen molar-refractivity contribution in [2.75, 3.05) is 0 Å². The monoisotopic (exact) mass is 482 g/mol. The smallest absolute Gasteiger partial charge is 0.338 e. The zero-order valence-electron chi connectivity index (χ0n) is 19.8. The number of carbonyl (C=O) groups is 2. The van der Waals surface area contributed by atoms with Crippen LogP contribution in [-0.2, 0) is 23.8 Å². The van der Waals surface area contributed by atoms with E-state index in [1.54, 1.807) is 0 Å². The minimum Gasteiger partial charge on any atom is -0.479 e. The highest BCUT2D eigenvalue weighted by Crippen LogP contribution is 2.53. The van der Waals surface area contributed by atoms with Crippen LogP contribution in [-0.4, -0.2) is 110 Å². The molecule has 0 aliphatic carbocycles. The van der Waals surface area contributed by atoms with Crippen LogP contribution in [0, 0.1) is 0 Å². The van der Waals surface area contributed by atoms with Gasteiger partial charge in [0.15, 0.2) is 23.3 Å². The summed E-state index contributed by atoms with van der Waals surface area (Å²) in [5, 5.41) is 85.3. The first-order valence-corrected chi connectivity index (χ1v) is 10.1. The molecule has 2 aliphatic rings. The lowest BCUT2D eigenvalue weighted by Gasteiger charge is -2.63. The largest absolute Gasteiger partial charge is 0.479 e. The third-order valence-corrected chi connectivity index (χ3v) is 8.07. The Morgan fingerprint density at radius 2 is 1.15 bits per heavy atom. The van der Waals surface area contributed by atoms with E-state index in [1.165, 1.54) is 0 Å². The van der Waals surface area contributed by atoms with Gasteiger partial charge in [0.25, 0.3) is 0 Å². The van der Waals surface area contributed by atoms with Crippen LogP contribution in [0.1, 0.15) is 55.4 Å². The normalized spacial score (nSPS) is 57.5. The van der Waals surface area contributed by atoms with E-state index in [-0.39, 0.29) is 0 Å². The molecule has 0 radical (unpaired) electrons. The lowest BCUT2D eigenvalue weighted by Crippen LogP contribution is -2.85. The van der Waals surface area contributed by atoms with E-state index in [4.69, 9.17) is 14.2 Å². The fourth-order valence-electron chi connectivity index (χ4n) is 4.42. The summed E-state index contributed by atoms with van der Waals surface area (Å²) in [6.07, 6.45) is -4.31. The van der Waals surface area contributed by atoms with E-state index in [9.17, 15) is 50.4 Å². The number of carboxylic acid groups (broad SMARTS) is 2. The molecule has 0 spiro atoms. The van der Waals surface area contributed by atoms with Crippen LogP contribution in [0.15, 0.2) is 0 Å². The average molecular weight is 482 g/mol. The molecule has 10 unspecified atom stereocenters. The van der Waals surface area contributed by atoms with Crippen molar-refractivity contribution in [2.24, 2.45) is 0 Å². The minimum atomic E-state index is -2.63. The van der Waals surface area contributed by atoms with Gasteiger partial charge in [0, 0.05) is 0 Å². The molecule has 0 aromatic heterocycles. The number of aliphatic carboxylic acids is 2. The predicted molar refractivity (Wildman–Crippen MR) is 107 cm³/mol. The molecule has 33 heavy (non-hydrogen) atoms. The number of carboxylic acids is 2. The van der Waals surface area contributed by atoms with Crippen molar-refractivity contribution in [2.45, 2.75) is 113 Å². The lowest BCUT2D eigenvalue weighted by molar-refractivity contribution is -0.458. The van der Waals surface area contributed by atoms with Gasteiger partial charge >= 0.3 is 11.9 Å². The molecule has 0 aromatic rings. The maximum absolute atomic E-state index is 12.1. The van der Waals surface area contributed by atoms with Gasteiger partial charge < -0.3 is 55.1 Å². The first-order chi connectivity index (χ1) is 14.3. The molecule has 2 fully saturated rings. The molecule has 0 bridgehead atoms. The van der Waals surface area contributed by atoms with Gasteiger partial charge in [0.05, 0.1) is 0 Å². The van der Waals surface area contributed by atoms with Crippen molar-refractivity contribution >= 4 is 11.9 Å². The van der Waals surface area contributed by atoms with E-state index in [1.807, 2.05) is 0 Å². The van der Waals surface area contributed by atoms with E-state index in [0.717, 1.165) is 55.4 Å². The van der Waals surface area contributed by atoms with Crippen molar-refractivity contribution < 1.29 is 64.7 Å². The number of aliphatic hydroxyl groups is 6. The Morgan fingerprint density at radius 3 is 1.55 bits per heavy atom. The van der Waals surface area contributed by atoms with Crippen molar-refractivity contribution in [3.63, 3.8) is 0 Å². The number of hydrogen-bond donors (Lipinski definition) is 8. The molecule has 13 heteroatoms. The summed E-state index contributed by atoms with van der Waals surface area (Å²) in [4.78, 5) is 24.2. The van der Waals surface area contributed by atoms with Crippen molar-refractivity contribution in [3.05, 3.63) is 0 Å². The second-order valence-corrected chi connectivity index (χ2v) is 10.3. The first kappa shape index (κ1) is 27.8. The van der Waals surface area contributed by atoms with Gasteiger partial charge in [0.1, 0.15) is 34.1 Å². The van der Waals surface area contributed by atoms with Gasteiger partial charge in [-0.15, -0.1) is 0 Å².